The summed E-state index contributed by atoms with van der Waals surface area (Å²) in [5.41, 5.74) is 1.62. The van der Waals surface area contributed by atoms with Gasteiger partial charge >= 0.3 is 0 Å². The Labute approximate surface area is 116 Å². The van der Waals surface area contributed by atoms with E-state index in [1.807, 2.05) is 25.1 Å². The van der Waals surface area contributed by atoms with Gasteiger partial charge < -0.3 is 0 Å². The highest BCUT2D eigenvalue weighted by atomic mass is 32.1. The molecule has 0 unspecified atom stereocenters. The van der Waals surface area contributed by atoms with Crippen LogP contribution in [0.15, 0.2) is 24.3 Å². The van der Waals surface area contributed by atoms with Crippen molar-refractivity contribution in [1.29, 1.82) is 0 Å². The molecule has 19 heavy (non-hydrogen) atoms. The molecule has 4 nitrogen and oxygen atoms in total. The Balaban J connectivity index is 2.07. The van der Waals surface area contributed by atoms with Crippen LogP contribution in [0.5, 0.6) is 0 Å². The highest BCUT2D eigenvalue weighted by Gasteiger charge is 2.12. The van der Waals surface area contributed by atoms with Crippen molar-refractivity contribution in [3.05, 3.63) is 40.4 Å². The van der Waals surface area contributed by atoms with Crippen LogP contribution in [0.2, 0.25) is 0 Å². The van der Waals surface area contributed by atoms with Crippen molar-refractivity contribution in [1.82, 2.24) is 10.2 Å². The van der Waals surface area contributed by atoms with Crippen molar-refractivity contribution in [3.63, 3.8) is 0 Å². The summed E-state index contributed by atoms with van der Waals surface area (Å²) in [5.74, 6) is 0.401. The molecule has 1 aromatic carbocycles. The first kappa shape index (κ1) is 13.7. The Morgan fingerprint density at radius 1 is 1.32 bits per heavy atom. The van der Waals surface area contributed by atoms with Gasteiger partial charge in [0.2, 0.25) is 5.13 Å². The minimum atomic E-state index is -0.134. The zero-order valence-electron chi connectivity index (χ0n) is 11.3. The van der Waals surface area contributed by atoms with Crippen molar-refractivity contribution >= 4 is 22.4 Å². The summed E-state index contributed by atoms with van der Waals surface area (Å²) in [5, 5.41) is 12.4. The molecule has 0 fully saturated rings. The molecule has 0 radical (unpaired) electrons. The van der Waals surface area contributed by atoms with E-state index in [4.69, 9.17) is 0 Å². The van der Waals surface area contributed by atoms with Crippen molar-refractivity contribution in [3.8, 4) is 0 Å². The first-order valence-corrected chi connectivity index (χ1v) is 7.07. The van der Waals surface area contributed by atoms with Crippen LogP contribution in [0.1, 0.15) is 34.8 Å². The number of nitrogens with zero attached hydrogens (tertiary/aromatic N) is 2. The first-order valence-electron chi connectivity index (χ1n) is 6.25. The molecule has 0 atom stereocenters. The number of nitrogens with one attached hydrogen (secondary N) is 1. The second-order valence-electron chi connectivity index (χ2n) is 4.87. The topological polar surface area (TPSA) is 54.9 Å². The predicted octanol–water partition coefficient (Wildman–Crippen LogP) is 3.30. The summed E-state index contributed by atoms with van der Waals surface area (Å²) in [4.78, 5) is 12.1. The second-order valence-corrected chi connectivity index (χ2v) is 5.93. The van der Waals surface area contributed by atoms with Gasteiger partial charge in [-0.2, -0.15) is 0 Å². The summed E-state index contributed by atoms with van der Waals surface area (Å²) < 4.78 is 0. The molecule has 100 valence electrons. The number of anilines is 1. The summed E-state index contributed by atoms with van der Waals surface area (Å²) in [6.07, 6.45) is 0.887. The van der Waals surface area contributed by atoms with Gasteiger partial charge in [-0.3, -0.25) is 10.1 Å². The first-order chi connectivity index (χ1) is 9.06. The minimum absolute atomic E-state index is 0.134. The minimum Gasteiger partial charge on any atom is -0.296 e. The molecule has 0 saturated heterocycles. The number of benzene rings is 1. The molecule has 0 aliphatic heterocycles. The van der Waals surface area contributed by atoms with E-state index < -0.39 is 0 Å². The van der Waals surface area contributed by atoms with E-state index in [1.54, 1.807) is 6.07 Å². The number of hydrogen-bond donors (Lipinski definition) is 1. The lowest BCUT2D eigenvalue weighted by Crippen LogP contribution is -2.12. The van der Waals surface area contributed by atoms with E-state index in [1.165, 1.54) is 11.3 Å². The maximum atomic E-state index is 12.1. The fraction of sp³-hybridized carbons (Fsp3) is 0.357. The molecule has 2 aromatic rings. The van der Waals surface area contributed by atoms with Crippen LogP contribution in [0.3, 0.4) is 0 Å². The van der Waals surface area contributed by atoms with Crippen molar-refractivity contribution in [2.45, 2.75) is 27.2 Å². The number of hydrogen-bond acceptors (Lipinski definition) is 4. The van der Waals surface area contributed by atoms with Crippen LogP contribution in [-0.4, -0.2) is 16.1 Å². The Morgan fingerprint density at radius 2 is 2.05 bits per heavy atom. The van der Waals surface area contributed by atoms with E-state index in [0.717, 1.165) is 17.0 Å². The predicted molar refractivity (Wildman–Crippen MR) is 77.6 cm³/mol. The highest BCUT2D eigenvalue weighted by Crippen LogP contribution is 2.19. The maximum absolute atomic E-state index is 12.1. The Bertz CT molecular complexity index is 578. The third-order valence-electron chi connectivity index (χ3n) is 2.66. The smallest absolute Gasteiger partial charge is 0.257 e. The number of carbonyl (C=O) groups is 1. The lowest BCUT2D eigenvalue weighted by atomic mass is 10.1. The van der Waals surface area contributed by atoms with Crippen LogP contribution in [0.4, 0.5) is 5.13 Å². The van der Waals surface area contributed by atoms with Crippen LogP contribution in [-0.2, 0) is 6.42 Å². The molecule has 2 rings (SSSR count). The Kier molecular flexibility index (Phi) is 4.27. The average molecular weight is 275 g/mol. The van der Waals surface area contributed by atoms with Crippen LogP contribution in [0, 0.1) is 12.8 Å². The van der Waals surface area contributed by atoms with Gasteiger partial charge in [-0.05, 0) is 24.5 Å². The van der Waals surface area contributed by atoms with Gasteiger partial charge in [0.15, 0.2) is 0 Å². The third kappa shape index (κ3) is 3.61. The molecule has 1 aromatic heterocycles. The standard InChI is InChI=1S/C14H17N3OS/c1-9(2)8-12-16-17-14(19-12)15-13(18)11-7-5-4-6-10(11)3/h4-7,9H,8H2,1-3H3,(H,15,17,18). The van der Waals surface area contributed by atoms with E-state index in [9.17, 15) is 4.79 Å². The quantitative estimate of drug-likeness (QED) is 0.931. The monoisotopic (exact) mass is 275 g/mol. The van der Waals surface area contributed by atoms with Gasteiger partial charge in [-0.25, -0.2) is 0 Å². The summed E-state index contributed by atoms with van der Waals surface area (Å²) >= 11 is 1.44. The van der Waals surface area contributed by atoms with Crippen molar-refractivity contribution < 1.29 is 4.79 Å². The fourth-order valence-corrected chi connectivity index (χ4v) is 2.67. The highest BCUT2D eigenvalue weighted by molar-refractivity contribution is 7.15. The molecule has 0 aliphatic carbocycles. The molecule has 0 aliphatic rings. The molecular formula is C14H17N3OS. The number of aromatic nitrogens is 2. The van der Waals surface area contributed by atoms with E-state index in [0.29, 0.717) is 16.6 Å². The normalized spacial score (nSPS) is 10.7. The van der Waals surface area contributed by atoms with E-state index >= 15 is 0 Å². The second kappa shape index (κ2) is 5.93. The maximum Gasteiger partial charge on any atom is 0.257 e. The Morgan fingerprint density at radius 3 is 2.74 bits per heavy atom. The lowest BCUT2D eigenvalue weighted by Gasteiger charge is -2.04. The molecule has 1 N–H and O–H groups in total. The average Bonchev–Trinajstić information content (AvgIpc) is 2.76. The largest absolute Gasteiger partial charge is 0.296 e. The van der Waals surface area contributed by atoms with E-state index in [-0.39, 0.29) is 5.91 Å². The van der Waals surface area contributed by atoms with Gasteiger partial charge in [-0.1, -0.05) is 43.4 Å². The third-order valence-corrected chi connectivity index (χ3v) is 3.52. The SMILES string of the molecule is Cc1ccccc1C(=O)Nc1nnc(CC(C)C)s1. The van der Waals surface area contributed by atoms with E-state index in [2.05, 4.69) is 29.4 Å². The van der Waals surface area contributed by atoms with Crippen LogP contribution >= 0.6 is 11.3 Å². The summed E-state index contributed by atoms with van der Waals surface area (Å²) in [6.45, 7) is 6.18. The zero-order valence-corrected chi connectivity index (χ0v) is 12.1. The molecule has 0 saturated carbocycles. The van der Waals surface area contributed by atoms with Gasteiger partial charge in [0, 0.05) is 12.0 Å². The van der Waals surface area contributed by atoms with Gasteiger partial charge in [0.25, 0.3) is 5.91 Å². The lowest BCUT2D eigenvalue weighted by molar-refractivity contribution is 0.102. The molecule has 1 amide bonds. The van der Waals surface area contributed by atoms with Gasteiger partial charge in [0.1, 0.15) is 5.01 Å². The molecular weight excluding hydrogens is 258 g/mol. The molecule has 5 heteroatoms. The van der Waals surface area contributed by atoms with Crippen LogP contribution in [0.25, 0.3) is 0 Å². The molecule has 0 bridgehead atoms. The van der Waals surface area contributed by atoms with Crippen LogP contribution < -0.4 is 5.32 Å². The molecule has 0 spiro atoms. The van der Waals surface area contributed by atoms with Crippen molar-refractivity contribution in [2.24, 2.45) is 5.92 Å². The number of aryl methyl sites for hydroxylation is 1. The summed E-state index contributed by atoms with van der Waals surface area (Å²) in [6, 6.07) is 7.49. The summed E-state index contributed by atoms with van der Waals surface area (Å²) in [7, 11) is 0. The van der Waals surface area contributed by atoms with Crippen molar-refractivity contribution in [2.75, 3.05) is 5.32 Å². The number of amides is 1. The number of carbonyl (C=O) groups excluding carboxylic acids is 1. The zero-order chi connectivity index (χ0) is 13.8. The fourth-order valence-electron chi connectivity index (χ4n) is 1.73. The Hall–Kier alpha value is -1.75. The number of rotatable bonds is 4. The van der Waals surface area contributed by atoms with Gasteiger partial charge in [-0.15, -0.1) is 10.2 Å². The molecule has 1 heterocycles. The van der Waals surface area contributed by atoms with Gasteiger partial charge in [0.05, 0.1) is 0 Å².